The molecule has 0 aliphatic heterocycles. The van der Waals surface area contributed by atoms with Crippen molar-refractivity contribution < 1.29 is 0 Å². The van der Waals surface area contributed by atoms with Crippen LogP contribution >= 0.6 is 11.3 Å². The van der Waals surface area contributed by atoms with Gasteiger partial charge in [0.1, 0.15) is 0 Å². The van der Waals surface area contributed by atoms with E-state index >= 15 is 0 Å². The maximum Gasteiger partial charge on any atom is 0.235 e. The minimum absolute atomic E-state index is 0.669. The van der Waals surface area contributed by atoms with Gasteiger partial charge in [-0.1, -0.05) is 127 Å². The monoisotopic (exact) mass is 718 g/mol. The van der Waals surface area contributed by atoms with E-state index in [0.29, 0.717) is 5.95 Å². The first-order valence-corrected chi connectivity index (χ1v) is 19.4. The Morgan fingerprint density at radius 1 is 0.382 bits per heavy atom. The summed E-state index contributed by atoms with van der Waals surface area (Å²) in [6.07, 6.45) is 0. The van der Waals surface area contributed by atoms with Crippen LogP contribution in [0.1, 0.15) is 0 Å². The van der Waals surface area contributed by atoms with Crippen molar-refractivity contribution >= 4 is 86.0 Å². The van der Waals surface area contributed by atoms with Gasteiger partial charge in [0.15, 0.2) is 0 Å². The summed E-state index contributed by atoms with van der Waals surface area (Å²) in [5.41, 5.74) is 11.0. The Bertz CT molecular complexity index is 3480. The molecule has 0 amide bonds. The molecule has 0 aliphatic carbocycles. The van der Waals surface area contributed by atoms with Crippen molar-refractivity contribution in [1.29, 1.82) is 0 Å². The van der Waals surface area contributed by atoms with Gasteiger partial charge in [-0.05, 0) is 76.5 Å². The number of rotatable bonds is 4. The van der Waals surface area contributed by atoms with E-state index in [4.69, 9.17) is 9.97 Å². The molecule has 0 saturated heterocycles. The maximum absolute atomic E-state index is 5.58. The van der Waals surface area contributed by atoms with Gasteiger partial charge in [0.05, 0.1) is 38.0 Å². The van der Waals surface area contributed by atoms with Gasteiger partial charge >= 0.3 is 0 Å². The minimum atomic E-state index is 0.669. The second kappa shape index (κ2) is 11.7. The molecule has 0 N–H and O–H groups in total. The molecule has 0 fully saturated rings. The fourth-order valence-electron chi connectivity index (χ4n) is 8.58. The molecule has 256 valence electrons. The van der Waals surface area contributed by atoms with Crippen molar-refractivity contribution in [2.24, 2.45) is 0 Å². The Morgan fingerprint density at radius 2 is 1.00 bits per heavy atom. The van der Waals surface area contributed by atoms with Gasteiger partial charge in [0.2, 0.25) is 5.95 Å². The second-order valence-corrected chi connectivity index (χ2v) is 15.3. The highest BCUT2D eigenvalue weighted by atomic mass is 32.1. The van der Waals surface area contributed by atoms with Crippen molar-refractivity contribution in [2.45, 2.75) is 0 Å². The predicted octanol–water partition coefficient (Wildman–Crippen LogP) is 13.5. The maximum atomic E-state index is 5.58. The molecule has 55 heavy (non-hydrogen) atoms. The molecule has 4 heterocycles. The number of hydrogen-bond acceptors (Lipinski definition) is 3. The van der Waals surface area contributed by atoms with Crippen molar-refractivity contribution in [2.75, 3.05) is 0 Å². The summed E-state index contributed by atoms with van der Waals surface area (Å²) in [4.78, 5) is 11.1. The Labute approximate surface area is 319 Å². The number of nitrogens with zero attached hydrogens (tertiary/aromatic N) is 4. The highest BCUT2D eigenvalue weighted by Gasteiger charge is 2.22. The molecule has 4 nitrogen and oxygen atoms in total. The zero-order valence-corrected chi connectivity index (χ0v) is 30.3. The fourth-order valence-corrected chi connectivity index (χ4v) is 9.78. The first-order chi connectivity index (χ1) is 27.3. The van der Waals surface area contributed by atoms with Crippen molar-refractivity contribution in [3.63, 3.8) is 0 Å². The van der Waals surface area contributed by atoms with E-state index in [1.165, 1.54) is 59.2 Å². The summed E-state index contributed by atoms with van der Waals surface area (Å²) in [5, 5.41) is 8.33. The van der Waals surface area contributed by atoms with E-state index in [9.17, 15) is 0 Å². The smallest absolute Gasteiger partial charge is 0.235 e. The van der Waals surface area contributed by atoms with Crippen molar-refractivity contribution in [3.05, 3.63) is 182 Å². The second-order valence-electron chi connectivity index (χ2n) is 14.2. The number of hydrogen-bond donors (Lipinski definition) is 0. The first-order valence-electron chi connectivity index (χ1n) is 18.6. The predicted molar refractivity (Wildman–Crippen MR) is 232 cm³/mol. The van der Waals surface area contributed by atoms with Gasteiger partial charge < -0.3 is 4.57 Å². The van der Waals surface area contributed by atoms with E-state index in [1.54, 1.807) is 11.3 Å². The molecular weight excluding hydrogens is 689 g/mol. The largest absolute Gasteiger partial charge is 0.309 e. The first kappa shape index (κ1) is 30.4. The van der Waals surface area contributed by atoms with E-state index in [2.05, 4.69) is 191 Å². The standard InChI is InChI=1S/C50H30N4S/c1-3-13-31(14-4-1)34-23-25-39-46(30-34)55-49-47(35-24-26-44-40(28-35)37-19-9-11-21-42(37)53(44)36-17-5-2-6-18-36)51-50(52-48(39)49)54-43-22-12-10-20-38(43)41-27-32-15-7-8-16-33(32)29-45(41)54/h1-30H. The third-order valence-corrected chi connectivity index (χ3v) is 12.3. The average Bonchev–Trinajstić information content (AvgIpc) is 3.90. The highest BCUT2D eigenvalue weighted by molar-refractivity contribution is 7.26. The van der Waals surface area contributed by atoms with Crippen LogP contribution in [0.3, 0.4) is 0 Å². The average molecular weight is 719 g/mol. The van der Waals surface area contributed by atoms with Gasteiger partial charge in [-0.3, -0.25) is 4.57 Å². The number of para-hydroxylation sites is 3. The number of thiophene rings is 1. The summed E-state index contributed by atoms with van der Waals surface area (Å²) in [6, 6.07) is 65.4. The third kappa shape index (κ3) is 4.57. The molecule has 0 atom stereocenters. The molecule has 0 aliphatic rings. The lowest BCUT2D eigenvalue weighted by Gasteiger charge is -2.11. The highest BCUT2D eigenvalue weighted by Crippen LogP contribution is 2.43. The van der Waals surface area contributed by atoms with Gasteiger partial charge in [0.25, 0.3) is 0 Å². The molecule has 8 aromatic carbocycles. The van der Waals surface area contributed by atoms with Gasteiger partial charge in [-0.2, -0.15) is 0 Å². The minimum Gasteiger partial charge on any atom is -0.309 e. The van der Waals surface area contributed by atoms with Gasteiger partial charge in [-0.25, -0.2) is 9.97 Å². The lowest BCUT2D eigenvalue weighted by molar-refractivity contribution is 1.02. The Balaban J connectivity index is 1.17. The fraction of sp³-hybridized carbons (Fsp3) is 0. The number of fused-ring (bicyclic) bond motifs is 10. The van der Waals surface area contributed by atoms with Crippen LogP contribution in [0.25, 0.3) is 109 Å². The Morgan fingerprint density at radius 3 is 1.78 bits per heavy atom. The SMILES string of the molecule is c1ccc(-c2ccc3c(c2)sc2c(-c4ccc5c(c4)c4ccccc4n5-c4ccccc4)nc(-n4c5ccccc5c5cc6ccccc6cc54)nc23)cc1. The molecule has 0 unspecified atom stereocenters. The molecule has 0 radical (unpaired) electrons. The summed E-state index contributed by atoms with van der Waals surface area (Å²) < 4.78 is 6.91. The molecule has 0 bridgehead atoms. The molecular formula is C50H30N4S. The van der Waals surface area contributed by atoms with Crippen molar-refractivity contribution in [1.82, 2.24) is 19.1 Å². The van der Waals surface area contributed by atoms with Crippen LogP contribution in [0, 0.1) is 0 Å². The van der Waals surface area contributed by atoms with Crippen molar-refractivity contribution in [3.8, 4) is 34.0 Å². The van der Waals surface area contributed by atoms with E-state index in [1.807, 2.05) is 0 Å². The number of benzene rings is 8. The van der Waals surface area contributed by atoms with Crippen LogP contribution in [-0.2, 0) is 0 Å². The van der Waals surface area contributed by atoms with E-state index < -0.39 is 0 Å². The lowest BCUT2D eigenvalue weighted by Crippen LogP contribution is -2.02. The molecule has 5 heteroatoms. The zero-order chi connectivity index (χ0) is 36.0. The normalized spacial score (nSPS) is 12.0. The van der Waals surface area contributed by atoms with Crippen LogP contribution in [0.5, 0.6) is 0 Å². The van der Waals surface area contributed by atoms with Crippen LogP contribution in [-0.4, -0.2) is 19.1 Å². The summed E-state index contributed by atoms with van der Waals surface area (Å²) in [7, 11) is 0. The lowest BCUT2D eigenvalue weighted by atomic mass is 10.0. The van der Waals surface area contributed by atoms with Crippen LogP contribution in [0.15, 0.2) is 182 Å². The Hall–Kier alpha value is -7.08. The zero-order valence-electron chi connectivity index (χ0n) is 29.5. The summed E-state index contributed by atoms with van der Waals surface area (Å²) >= 11 is 1.78. The Kier molecular flexibility index (Phi) is 6.47. The summed E-state index contributed by atoms with van der Waals surface area (Å²) in [6.45, 7) is 0. The topological polar surface area (TPSA) is 35.6 Å². The van der Waals surface area contributed by atoms with E-state index in [0.717, 1.165) is 43.6 Å². The quantitative estimate of drug-likeness (QED) is 0.182. The van der Waals surface area contributed by atoms with E-state index in [-0.39, 0.29) is 0 Å². The molecule has 0 spiro atoms. The molecule has 4 aromatic heterocycles. The van der Waals surface area contributed by atoms with Crippen LogP contribution in [0.2, 0.25) is 0 Å². The summed E-state index contributed by atoms with van der Waals surface area (Å²) in [5.74, 6) is 0.669. The third-order valence-electron chi connectivity index (χ3n) is 11.1. The van der Waals surface area contributed by atoms with Crippen LogP contribution < -0.4 is 0 Å². The van der Waals surface area contributed by atoms with Gasteiger partial charge in [-0.15, -0.1) is 11.3 Å². The van der Waals surface area contributed by atoms with Crippen LogP contribution in [0.4, 0.5) is 0 Å². The molecule has 0 saturated carbocycles. The number of aromatic nitrogens is 4. The molecule has 12 rings (SSSR count). The molecule has 12 aromatic rings. The van der Waals surface area contributed by atoms with Gasteiger partial charge in [0, 0.05) is 42.9 Å².